The lowest BCUT2D eigenvalue weighted by atomic mass is 9.49. The molecule has 36 heavy (non-hydrogen) atoms. The van der Waals surface area contributed by atoms with Crippen molar-refractivity contribution in [1.29, 1.82) is 0 Å². The molecule has 0 radical (unpaired) electrons. The second-order valence-electron chi connectivity index (χ2n) is 13.4. The first-order valence-electron chi connectivity index (χ1n) is 14.1. The van der Waals surface area contributed by atoms with Crippen molar-refractivity contribution >= 4 is 23.4 Å². The van der Waals surface area contributed by atoms with E-state index in [4.69, 9.17) is 9.31 Å². The Hall–Kier alpha value is -2.10. The molecular weight excluding hydrogens is 439 g/mol. The van der Waals surface area contributed by atoms with Crippen LogP contribution in [0, 0.1) is 23.7 Å². The van der Waals surface area contributed by atoms with Gasteiger partial charge in [-0.05, 0) is 116 Å². The first kappa shape index (κ1) is 23.1. The Balaban J connectivity index is 1.53. The molecule has 3 fully saturated rings. The van der Waals surface area contributed by atoms with E-state index in [1.807, 2.05) is 0 Å². The van der Waals surface area contributed by atoms with Gasteiger partial charge in [0, 0.05) is 5.41 Å². The van der Waals surface area contributed by atoms with Crippen LogP contribution in [0.3, 0.4) is 0 Å². The molecule has 0 aromatic heterocycles. The zero-order valence-electron chi connectivity index (χ0n) is 22.7. The Bertz CT molecular complexity index is 1350. The van der Waals surface area contributed by atoms with E-state index in [1.54, 1.807) is 5.56 Å². The third kappa shape index (κ3) is 2.88. The minimum atomic E-state index is -0.359. The van der Waals surface area contributed by atoms with Crippen molar-refractivity contribution in [3.8, 4) is 11.1 Å². The molecule has 4 aliphatic rings. The first-order valence-corrected chi connectivity index (χ1v) is 14.1. The molecule has 1 aliphatic heterocycles. The maximum atomic E-state index is 6.67. The van der Waals surface area contributed by atoms with Crippen LogP contribution in [0.15, 0.2) is 54.6 Å². The molecule has 186 valence electrons. The molecule has 2 bridgehead atoms. The number of benzene rings is 3. The standard InChI is InChI=1S/C33H39BO2/c1-20-15-22-17-21(2)33(23(16-20)18-22)27-14-10-9-13-26(27)30-25-12-8-7-11-24(25)29(19-28(30)33)34-35-31(3,4)32(5,6)36-34/h7-14,19-23H,15-18H2,1-6H3. The summed E-state index contributed by atoms with van der Waals surface area (Å²) in [6.45, 7) is 13.7. The SMILES string of the molecule is CC1CC2CC(C)C3(c4ccccc4-c4c3cc(B3OC(C)(C)C(C)(C)O3)c3ccccc43)C(C1)C2. The number of fused-ring (bicyclic) bond motifs is 10. The normalized spacial score (nSPS) is 33.7. The summed E-state index contributed by atoms with van der Waals surface area (Å²) in [6.07, 6.45) is 5.42. The highest BCUT2D eigenvalue weighted by atomic mass is 16.7. The van der Waals surface area contributed by atoms with E-state index >= 15 is 0 Å². The van der Waals surface area contributed by atoms with Crippen molar-refractivity contribution in [2.75, 3.05) is 0 Å². The van der Waals surface area contributed by atoms with Crippen LogP contribution in [0.4, 0.5) is 0 Å². The average molecular weight is 478 g/mol. The molecule has 5 atom stereocenters. The fourth-order valence-electron chi connectivity index (χ4n) is 8.76. The molecule has 1 spiro atoms. The van der Waals surface area contributed by atoms with Crippen LogP contribution in [0.2, 0.25) is 0 Å². The Morgan fingerprint density at radius 2 is 1.42 bits per heavy atom. The molecule has 2 saturated carbocycles. The van der Waals surface area contributed by atoms with Gasteiger partial charge in [-0.15, -0.1) is 0 Å². The molecule has 1 saturated heterocycles. The van der Waals surface area contributed by atoms with Gasteiger partial charge >= 0.3 is 7.12 Å². The molecule has 3 aliphatic carbocycles. The lowest BCUT2D eigenvalue weighted by molar-refractivity contribution is 0.00578. The molecule has 3 aromatic rings. The van der Waals surface area contributed by atoms with Gasteiger partial charge in [-0.3, -0.25) is 0 Å². The van der Waals surface area contributed by atoms with Crippen LogP contribution < -0.4 is 5.46 Å². The largest absolute Gasteiger partial charge is 0.495 e. The van der Waals surface area contributed by atoms with Crippen molar-refractivity contribution in [3.05, 3.63) is 65.7 Å². The molecule has 3 heteroatoms. The minimum absolute atomic E-state index is 0.0690. The highest BCUT2D eigenvalue weighted by molar-refractivity contribution is 6.65. The zero-order valence-corrected chi connectivity index (χ0v) is 22.7. The van der Waals surface area contributed by atoms with Crippen LogP contribution in [-0.2, 0) is 14.7 Å². The van der Waals surface area contributed by atoms with E-state index in [-0.39, 0.29) is 23.7 Å². The van der Waals surface area contributed by atoms with Gasteiger partial charge < -0.3 is 9.31 Å². The van der Waals surface area contributed by atoms with Crippen LogP contribution in [0.1, 0.15) is 78.4 Å². The van der Waals surface area contributed by atoms with Crippen LogP contribution in [0.25, 0.3) is 21.9 Å². The number of hydrogen-bond acceptors (Lipinski definition) is 2. The fraction of sp³-hybridized carbons (Fsp3) is 0.515. The molecule has 0 amide bonds. The third-order valence-corrected chi connectivity index (χ3v) is 10.8. The molecule has 0 N–H and O–H groups in total. The summed E-state index contributed by atoms with van der Waals surface area (Å²) in [7, 11) is -0.358. The molecule has 3 aromatic carbocycles. The van der Waals surface area contributed by atoms with Gasteiger partial charge in [-0.25, -0.2) is 0 Å². The van der Waals surface area contributed by atoms with E-state index < -0.39 is 0 Å². The van der Waals surface area contributed by atoms with Gasteiger partial charge in [-0.2, -0.15) is 0 Å². The maximum Gasteiger partial charge on any atom is 0.495 e. The number of hydrogen-bond donors (Lipinski definition) is 0. The minimum Gasteiger partial charge on any atom is -0.399 e. The monoisotopic (exact) mass is 478 g/mol. The Kier molecular flexibility index (Phi) is 4.79. The topological polar surface area (TPSA) is 18.5 Å². The van der Waals surface area contributed by atoms with E-state index in [9.17, 15) is 0 Å². The van der Waals surface area contributed by atoms with E-state index in [0.717, 1.165) is 11.8 Å². The molecular formula is C33H39BO2. The highest BCUT2D eigenvalue weighted by Gasteiger charge is 2.58. The molecule has 5 unspecified atom stereocenters. The van der Waals surface area contributed by atoms with Crippen LogP contribution in [0.5, 0.6) is 0 Å². The van der Waals surface area contributed by atoms with Crippen molar-refractivity contribution in [2.45, 2.75) is 83.8 Å². The summed E-state index contributed by atoms with van der Waals surface area (Å²) in [5.41, 5.74) is 6.58. The lowest BCUT2D eigenvalue weighted by Crippen LogP contribution is -2.49. The predicted octanol–water partition coefficient (Wildman–Crippen LogP) is 7.50. The van der Waals surface area contributed by atoms with Gasteiger partial charge in [0.2, 0.25) is 0 Å². The fourth-order valence-corrected chi connectivity index (χ4v) is 8.76. The van der Waals surface area contributed by atoms with Crippen molar-refractivity contribution < 1.29 is 9.31 Å². The summed E-state index contributed by atoms with van der Waals surface area (Å²) in [4.78, 5) is 0. The van der Waals surface area contributed by atoms with Crippen molar-refractivity contribution in [2.24, 2.45) is 23.7 Å². The average Bonchev–Trinajstić information content (AvgIpc) is 3.24. The highest BCUT2D eigenvalue weighted by Crippen LogP contribution is 2.65. The van der Waals surface area contributed by atoms with Crippen molar-refractivity contribution in [1.82, 2.24) is 0 Å². The second kappa shape index (κ2) is 7.48. The van der Waals surface area contributed by atoms with Gasteiger partial charge in [0.05, 0.1) is 11.2 Å². The van der Waals surface area contributed by atoms with Gasteiger partial charge in [0.15, 0.2) is 0 Å². The van der Waals surface area contributed by atoms with E-state index in [2.05, 4.69) is 96.1 Å². The Labute approximate surface area is 216 Å². The zero-order chi connectivity index (χ0) is 25.0. The summed E-state index contributed by atoms with van der Waals surface area (Å²) in [6, 6.07) is 20.8. The quantitative estimate of drug-likeness (QED) is 0.337. The van der Waals surface area contributed by atoms with Crippen LogP contribution >= 0.6 is 0 Å². The predicted molar refractivity (Wildman–Crippen MR) is 150 cm³/mol. The van der Waals surface area contributed by atoms with Gasteiger partial charge in [0.1, 0.15) is 0 Å². The maximum absolute atomic E-state index is 6.67. The second-order valence-corrected chi connectivity index (χ2v) is 13.4. The number of rotatable bonds is 1. The molecule has 1 heterocycles. The summed E-state index contributed by atoms with van der Waals surface area (Å²) in [5, 5.41) is 2.61. The first-order chi connectivity index (χ1) is 17.1. The van der Waals surface area contributed by atoms with Crippen molar-refractivity contribution in [3.63, 3.8) is 0 Å². The molecule has 7 rings (SSSR count). The van der Waals surface area contributed by atoms with Gasteiger partial charge in [-0.1, -0.05) is 68.4 Å². The summed E-state index contributed by atoms with van der Waals surface area (Å²) >= 11 is 0. The van der Waals surface area contributed by atoms with E-state index in [1.165, 1.54) is 58.6 Å². The smallest absolute Gasteiger partial charge is 0.399 e. The van der Waals surface area contributed by atoms with Gasteiger partial charge in [0.25, 0.3) is 0 Å². The third-order valence-electron chi connectivity index (χ3n) is 10.8. The molecule has 2 nitrogen and oxygen atoms in total. The Morgan fingerprint density at radius 3 is 2.17 bits per heavy atom. The van der Waals surface area contributed by atoms with E-state index in [0.29, 0.717) is 11.8 Å². The summed E-state index contributed by atoms with van der Waals surface area (Å²) in [5.74, 6) is 2.98. The van der Waals surface area contributed by atoms with Crippen LogP contribution in [-0.4, -0.2) is 18.3 Å². The Morgan fingerprint density at radius 1 is 0.750 bits per heavy atom. The summed E-state index contributed by atoms with van der Waals surface area (Å²) < 4.78 is 13.3. The lowest BCUT2D eigenvalue weighted by Gasteiger charge is -2.54.